The summed E-state index contributed by atoms with van der Waals surface area (Å²) >= 11 is 0. The Morgan fingerprint density at radius 1 is 1.50 bits per heavy atom. The largest absolute Gasteiger partial charge is 0.398 e. The van der Waals surface area contributed by atoms with Crippen molar-refractivity contribution in [3.8, 4) is 0 Å². The van der Waals surface area contributed by atoms with E-state index in [0.717, 1.165) is 5.69 Å². The van der Waals surface area contributed by atoms with Crippen LogP contribution < -0.4 is 5.73 Å². The average molecular weight is 189 g/mol. The molecule has 0 saturated heterocycles. The molecule has 76 valence electrons. The second-order valence-electron chi connectivity index (χ2n) is 4.83. The second kappa shape index (κ2) is 3.01. The number of fused-ring (bicyclic) bond motifs is 1. The second-order valence-corrected chi connectivity index (χ2v) is 4.83. The molecule has 1 nitrogen and oxygen atoms in total. The van der Waals surface area contributed by atoms with Gasteiger partial charge in [-0.3, -0.25) is 0 Å². The molecule has 0 fully saturated rings. The first-order chi connectivity index (χ1) is 6.58. The zero-order valence-corrected chi connectivity index (χ0v) is 9.30. The van der Waals surface area contributed by atoms with Crippen LogP contribution in [0.25, 0.3) is 0 Å². The smallest absolute Gasteiger partial charge is 0.0352 e. The van der Waals surface area contributed by atoms with Crippen LogP contribution in [0.5, 0.6) is 0 Å². The molecule has 1 aromatic carbocycles. The Hall–Kier alpha value is -0.980. The fourth-order valence-corrected chi connectivity index (χ4v) is 2.88. The van der Waals surface area contributed by atoms with E-state index in [1.54, 1.807) is 0 Å². The average Bonchev–Trinajstić information content (AvgIpc) is 2.41. The van der Waals surface area contributed by atoms with Crippen molar-refractivity contribution in [1.82, 2.24) is 0 Å². The molecule has 0 spiro atoms. The Bertz CT molecular complexity index is 356. The van der Waals surface area contributed by atoms with Gasteiger partial charge in [0.2, 0.25) is 0 Å². The van der Waals surface area contributed by atoms with E-state index in [0.29, 0.717) is 11.3 Å². The van der Waals surface area contributed by atoms with Gasteiger partial charge in [-0.2, -0.15) is 0 Å². The summed E-state index contributed by atoms with van der Waals surface area (Å²) in [6.07, 6.45) is 2.45. The molecule has 0 aromatic heterocycles. The van der Waals surface area contributed by atoms with Crippen LogP contribution in [0, 0.1) is 0 Å². The predicted molar refractivity (Wildman–Crippen MR) is 61.5 cm³/mol. The van der Waals surface area contributed by atoms with E-state index in [4.69, 9.17) is 5.73 Å². The van der Waals surface area contributed by atoms with Crippen molar-refractivity contribution in [2.24, 2.45) is 0 Å². The number of anilines is 1. The first-order valence-electron chi connectivity index (χ1n) is 5.47. The SMILES string of the molecule is CC[C@@]1(C)C[C@H](C)c2c(N)cccc21. The summed E-state index contributed by atoms with van der Waals surface area (Å²) in [7, 11) is 0. The van der Waals surface area contributed by atoms with Crippen molar-refractivity contribution in [2.45, 2.75) is 44.9 Å². The maximum Gasteiger partial charge on any atom is 0.0352 e. The van der Waals surface area contributed by atoms with Gasteiger partial charge in [0.1, 0.15) is 0 Å². The van der Waals surface area contributed by atoms with Gasteiger partial charge in [0.15, 0.2) is 0 Å². The Balaban J connectivity index is 2.60. The van der Waals surface area contributed by atoms with E-state index in [-0.39, 0.29) is 0 Å². The van der Waals surface area contributed by atoms with Crippen molar-refractivity contribution < 1.29 is 0 Å². The third-order valence-electron chi connectivity index (χ3n) is 3.82. The third kappa shape index (κ3) is 1.15. The van der Waals surface area contributed by atoms with Gasteiger partial charge in [0, 0.05) is 5.69 Å². The van der Waals surface area contributed by atoms with Crippen LogP contribution in [0.4, 0.5) is 5.69 Å². The molecule has 2 N–H and O–H groups in total. The Labute approximate surface area is 86.3 Å². The molecule has 0 aliphatic heterocycles. The van der Waals surface area contributed by atoms with Crippen molar-refractivity contribution in [3.63, 3.8) is 0 Å². The van der Waals surface area contributed by atoms with Crippen LogP contribution in [-0.2, 0) is 5.41 Å². The quantitative estimate of drug-likeness (QED) is 0.673. The van der Waals surface area contributed by atoms with Gasteiger partial charge in [-0.05, 0) is 41.4 Å². The summed E-state index contributed by atoms with van der Waals surface area (Å²) in [6, 6.07) is 6.36. The monoisotopic (exact) mass is 189 g/mol. The minimum absolute atomic E-state index is 0.351. The maximum absolute atomic E-state index is 6.04. The molecule has 0 bridgehead atoms. The molecule has 0 unspecified atom stereocenters. The highest BCUT2D eigenvalue weighted by molar-refractivity contribution is 5.57. The Morgan fingerprint density at radius 2 is 2.21 bits per heavy atom. The lowest BCUT2D eigenvalue weighted by atomic mass is 9.81. The van der Waals surface area contributed by atoms with Crippen molar-refractivity contribution >= 4 is 5.69 Å². The summed E-state index contributed by atoms with van der Waals surface area (Å²) in [5.74, 6) is 0.621. The number of nitrogens with two attached hydrogens (primary N) is 1. The van der Waals surface area contributed by atoms with E-state index < -0.39 is 0 Å². The fraction of sp³-hybridized carbons (Fsp3) is 0.538. The van der Waals surface area contributed by atoms with Crippen LogP contribution in [0.15, 0.2) is 18.2 Å². The van der Waals surface area contributed by atoms with Gasteiger partial charge in [0.25, 0.3) is 0 Å². The molecule has 1 aromatic rings. The van der Waals surface area contributed by atoms with Crippen molar-refractivity contribution in [3.05, 3.63) is 29.3 Å². The summed E-state index contributed by atoms with van der Waals surface area (Å²) in [4.78, 5) is 0. The van der Waals surface area contributed by atoms with Gasteiger partial charge in [-0.25, -0.2) is 0 Å². The number of nitrogen functional groups attached to an aromatic ring is 1. The predicted octanol–water partition coefficient (Wildman–Crippen LogP) is 3.44. The molecular weight excluding hydrogens is 170 g/mol. The summed E-state index contributed by atoms with van der Waals surface area (Å²) in [6.45, 7) is 6.91. The minimum atomic E-state index is 0.351. The molecule has 1 aliphatic rings. The topological polar surface area (TPSA) is 26.0 Å². The Kier molecular flexibility index (Phi) is 2.06. The van der Waals surface area contributed by atoms with Crippen LogP contribution >= 0.6 is 0 Å². The van der Waals surface area contributed by atoms with Crippen LogP contribution in [0.3, 0.4) is 0 Å². The lowest BCUT2D eigenvalue weighted by Gasteiger charge is -2.23. The summed E-state index contributed by atoms with van der Waals surface area (Å²) in [5.41, 5.74) is 10.2. The fourth-order valence-electron chi connectivity index (χ4n) is 2.88. The van der Waals surface area contributed by atoms with E-state index in [1.807, 2.05) is 6.07 Å². The maximum atomic E-state index is 6.04. The van der Waals surface area contributed by atoms with E-state index in [1.165, 1.54) is 24.0 Å². The number of hydrogen-bond acceptors (Lipinski definition) is 1. The van der Waals surface area contributed by atoms with Crippen molar-refractivity contribution in [2.75, 3.05) is 5.73 Å². The summed E-state index contributed by atoms with van der Waals surface area (Å²) in [5, 5.41) is 0. The highest BCUT2D eigenvalue weighted by Crippen LogP contribution is 2.49. The first kappa shape index (κ1) is 9.57. The van der Waals surface area contributed by atoms with E-state index in [2.05, 4.69) is 32.9 Å². The highest BCUT2D eigenvalue weighted by atomic mass is 14.6. The zero-order chi connectivity index (χ0) is 10.3. The van der Waals surface area contributed by atoms with Gasteiger partial charge in [0.05, 0.1) is 0 Å². The van der Waals surface area contributed by atoms with E-state index in [9.17, 15) is 0 Å². The molecule has 1 aliphatic carbocycles. The lowest BCUT2D eigenvalue weighted by molar-refractivity contribution is 0.430. The zero-order valence-electron chi connectivity index (χ0n) is 9.30. The molecular formula is C13H19N. The molecule has 0 saturated carbocycles. The van der Waals surface area contributed by atoms with Crippen molar-refractivity contribution in [1.29, 1.82) is 0 Å². The normalized spacial score (nSPS) is 30.4. The van der Waals surface area contributed by atoms with Crippen LogP contribution in [0.1, 0.15) is 50.7 Å². The van der Waals surface area contributed by atoms with E-state index >= 15 is 0 Å². The minimum Gasteiger partial charge on any atom is -0.398 e. The van der Waals surface area contributed by atoms with Crippen LogP contribution in [-0.4, -0.2) is 0 Å². The lowest BCUT2D eigenvalue weighted by Crippen LogP contribution is -2.16. The number of rotatable bonds is 1. The molecule has 0 heterocycles. The molecule has 14 heavy (non-hydrogen) atoms. The van der Waals surface area contributed by atoms with Gasteiger partial charge in [-0.1, -0.05) is 32.9 Å². The summed E-state index contributed by atoms with van der Waals surface area (Å²) < 4.78 is 0. The molecule has 2 rings (SSSR count). The number of hydrogen-bond donors (Lipinski definition) is 1. The highest BCUT2D eigenvalue weighted by Gasteiger charge is 2.37. The van der Waals surface area contributed by atoms with Gasteiger partial charge >= 0.3 is 0 Å². The Morgan fingerprint density at radius 3 is 2.86 bits per heavy atom. The standard InChI is InChI=1S/C13H19N/c1-4-13(3)8-9(2)12-10(13)6-5-7-11(12)14/h5-7,9H,4,8,14H2,1-3H3/t9-,13-/m0/s1. The number of benzene rings is 1. The molecule has 0 amide bonds. The molecule has 0 radical (unpaired) electrons. The molecule has 2 atom stereocenters. The van der Waals surface area contributed by atoms with Crippen LogP contribution in [0.2, 0.25) is 0 Å². The van der Waals surface area contributed by atoms with Gasteiger partial charge in [-0.15, -0.1) is 0 Å². The third-order valence-corrected chi connectivity index (χ3v) is 3.82. The molecule has 1 heteroatoms. The van der Waals surface area contributed by atoms with Gasteiger partial charge < -0.3 is 5.73 Å². The first-order valence-corrected chi connectivity index (χ1v) is 5.47.